The molecule has 3 atom stereocenters. The number of carbonyl (C=O) groups excluding carboxylic acids is 1. The Morgan fingerprint density at radius 2 is 1.94 bits per heavy atom. The van der Waals surface area contributed by atoms with E-state index < -0.39 is 0 Å². The first kappa shape index (κ1) is 11.7. The van der Waals surface area contributed by atoms with E-state index in [1.807, 2.05) is 36.1 Å². The highest BCUT2D eigenvalue weighted by molar-refractivity contribution is 5.94. The summed E-state index contributed by atoms with van der Waals surface area (Å²) >= 11 is 0. The van der Waals surface area contributed by atoms with Crippen molar-refractivity contribution >= 4 is 5.91 Å². The zero-order valence-corrected chi connectivity index (χ0v) is 10.7. The summed E-state index contributed by atoms with van der Waals surface area (Å²) in [6, 6.07) is 7.72. The predicted octanol–water partition coefficient (Wildman–Crippen LogP) is 1.84. The Morgan fingerprint density at radius 3 is 2.61 bits per heavy atom. The Hall–Kier alpha value is -1.35. The van der Waals surface area contributed by atoms with Gasteiger partial charge in [0, 0.05) is 24.6 Å². The molecule has 1 aliphatic carbocycles. The van der Waals surface area contributed by atoms with Crippen LogP contribution >= 0.6 is 0 Å². The molecule has 0 bridgehead atoms. The van der Waals surface area contributed by atoms with Crippen LogP contribution in [0.4, 0.5) is 0 Å². The molecule has 18 heavy (non-hydrogen) atoms. The zero-order valence-electron chi connectivity index (χ0n) is 10.7. The van der Waals surface area contributed by atoms with Gasteiger partial charge in [-0.2, -0.15) is 0 Å². The van der Waals surface area contributed by atoms with Crippen molar-refractivity contribution in [1.29, 1.82) is 0 Å². The lowest BCUT2D eigenvalue weighted by atomic mass is 10.00. The van der Waals surface area contributed by atoms with Crippen molar-refractivity contribution in [3.8, 4) is 0 Å². The van der Waals surface area contributed by atoms with E-state index in [4.69, 9.17) is 0 Å². The average molecular weight is 245 g/mol. The smallest absolute Gasteiger partial charge is 0.253 e. The van der Waals surface area contributed by atoms with Crippen molar-refractivity contribution in [3.05, 3.63) is 35.4 Å². The van der Waals surface area contributed by atoms with Gasteiger partial charge in [-0.1, -0.05) is 17.7 Å². The van der Waals surface area contributed by atoms with Crippen LogP contribution in [0.3, 0.4) is 0 Å². The predicted molar refractivity (Wildman–Crippen MR) is 69.3 cm³/mol. The molecule has 1 saturated heterocycles. The van der Waals surface area contributed by atoms with E-state index in [0.717, 1.165) is 31.5 Å². The number of amides is 1. The molecule has 1 amide bonds. The molecule has 1 heterocycles. The van der Waals surface area contributed by atoms with Crippen LogP contribution in [0.1, 0.15) is 28.8 Å². The van der Waals surface area contributed by atoms with Gasteiger partial charge >= 0.3 is 0 Å². The number of fused-ring (bicyclic) bond motifs is 1. The van der Waals surface area contributed by atoms with Crippen LogP contribution in [0.2, 0.25) is 0 Å². The average Bonchev–Trinajstić information content (AvgIpc) is 2.92. The Kier molecular flexibility index (Phi) is 2.86. The van der Waals surface area contributed by atoms with E-state index in [-0.39, 0.29) is 12.0 Å². The maximum absolute atomic E-state index is 12.3. The number of aliphatic hydroxyl groups is 1. The molecule has 3 nitrogen and oxygen atoms in total. The van der Waals surface area contributed by atoms with Crippen molar-refractivity contribution in [1.82, 2.24) is 4.90 Å². The Morgan fingerprint density at radius 1 is 1.22 bits per heavy atom. The van der Waals surface area contributed by atoms with Crippen LogP contribution in [0, 0.1) is 18.8 Å². The molecular weight excluding hydrogens is 226 g/mol. The molecule has 1 aliphatic heterocycles. The number of nitrogens with zero attached hydrogens (tertiary/aromatic N) is 1. The van der Waals surface area contributed by atoms with E-state index in [1.54, 1.807) is 0 Å². The molecule has 3 unspecified atom stereocenters. The van der Waals surface area contributed by atoms with Gasteiger partial charge in [-0.3, -0.25) is 4.79 Å². The van der Waals surface area contributed by atoms with E-state index in [9.17, 15) is 9.90 Å². The second-order valence-electron chi connectivity index (χ2n) is 5.64. The lowest BCUT2D eigenvalue weighted by Crippen LogP contribution is -2.31. The van der Waals surface area contributed by atoms with Crippen LogP contribution in [-0.4, -0.2) is 35.1 Å². The topological polar surface area (TPSA) is 40.5 Å². The monoisotopic (exact) mass is 245 g/mol. The summed E-state index contributed by atoms with van der Waals surface area (Å²) in [7, 11) is 0. The fraction of sp³-hybridized carbons (Fsp3) is 0.533. The molecule has 1 N–H and O–H groups in total. The largest absolute Gasteiger partial charge is 0.393 e. The normalized spacial score (nSPS) is 30.6. The minimum Gasteiger partial charge on any atom is -0.393 e. The summed E-state index contributed by atoms with van der Waals surface area (Å²) in [4.78, 5) is 14.2. The van der Waals surface area contributed by atoms with E-state index in [0.29, 0.717) is 11.8 Å². The number of hydrogen-bond acceptors (Lipinski definition) is 2. The van der Waals surface area contributed by atoms with Crippen LogP contribution in [-0.2, 0) is 0 Å². The maximum atomic E-state index is 12.3. The van der Waals surface area contributed by atoms with Crippen LogP contribution in [0.15, 0.2) is 24.3 Å². The third-order valence-corrected chi connectivity index (χ3v) is 4.40. The van der Waals surface area contributed by atoms with Crippen LogP contribution in [0.25, 0.3) is 0 Å². The standard InChI is InChI=1S/C15H19NO2/c1-10-2-4-11(5-3-10)15(18)16-8-12-6-7-14(17)13(12)9-16/h2-5,12-14,17H,6-9H2,1H3. The molecule has 1 saturated carbocycles. The van der Waals surface area contributed by atoms with Crippen molar-refractivity contribution in [2.75, 3.05) is 13.1 Å². The Bertz CT molecular complexity index is 454. The first-order valence-corrected chi connectivity index (χ1v) is 6.69. The molecule has 96 valence electrons. The van der Waals surface area contributed by atoms with Gasteiger partial charge in [-0.05, 0) is 37.8 Å². The van der Waals surface area contributed by atoms with Gasteiger partial charge in [0.25, 0.3) is 5.91 Å². The zero-order chi connectivity index (χ0) is 12.7. The number of likely N-dealkylation sites (tertiary alicyclic amines) is 1. The summed E-state index contributed by atoms with van der Waals surface area (Å²) in [6.45, 7) is 3.55. The Labute approximate surface area is 107 Å². The van der Waals surface area contributed by atoms with Crippen molar-refractivity contribution in [2.45, 2.75) is 25.9 Å². The fourth-order valence-corrected chi connectivity index (χ4v) is 3.28. The molecular formula is C15H19NO2. The number of aryl methyl sites for hydroxylation is 1. The molecule has 2 aliphatic rings. The van der Waals surface area contributed by atoms with Crippen molar-refractivity contribution in [3.63, 3.8) is 0 Å². The molecule has 2 fully saturated rings. The molecule has 0 spiro atoms. The third kappa shape index (κ3) is 1.93. The van der Waals surface area contributed by atoms with Gasteiger partial charge in [0.15, 0.2) is 0 Å². The number of aliphatic hydroxyl groups excluding tert-OH is 1. The summed E-state index contributed by atoms with van der Waals surface area (Å²) in [6.07, 6.45) is 1.76. The summed E-state index contributed by atoms with van der Waals surface area (Å²) < 4.78 is 0. The number of hydrogen-bond donors (Lipinski definition) is 1. The van der Waals surface area contributed by atoms with Gasteiger partial charge < -0.3 is 10.0 Å². The van der Waals surface area contributed by atoms with Gasteiger partial charge in [0.05, 0.1) is 6.10 Å². The minimum absolute atomic E-state index is 0.108. The van der Waals surface area contributed by atoms with Crippen LogP contribution < -0.4 is 0 Å². The molecule has 1 aromatic carbocycles. The van der Waals surface area contributed by atoms with Crippen molar-refractivity contribution < 1.29 is 9.90 Å². The van der Waals surface area contributed by atoms with E-state index >= 15 is 0 Å². The van der Waals surface area contributed by atoms with Gasteiger partial charge in [-0.25, -0.2) is 0 Å². The third-order valence-electron chi connectivity index (χ3n) is 4.40. The quantitative estimate of drug-likeness (QED) is 0.820. The first-order chi connectivity index (χ1) is 8.65. The number of carbonyl (C=O) groups is 1. The fourth-order valence-electron chi connectivity index (χ4n) is 3.28. The van der Waals surface area contributed by atoms with Gasteiger partial charge in [-0.15, -0.1) is 0 Å². The second kappa shape index (κ2) is 4.39. The highest BCUT2D eigenvalue weighted by atomic mass is 16.3. The van der Waals surface area contributed by atoms with E-state index in [1.165, 1.54) is 5.56 Å². The van der Waals surface area contributed by atoms with E-state index in [2.05, 4.69) is 0 Å². The van der Waals surface area contributed by atoms with Gasteiger partial charge in [0.1, 0.15) is 0 Å². The molecule has 1 aromatic rings. The Balaban J connectivity index is 1.73. The summed E-state index contributed by atoms with van der Waals surface area (Å²) in [5.41, 5.74) is 1.93. The maximum Gasteiger partial charge on any atom is 0.253 e. The SMILES string of the molecule is Cc1ccc(C(=O)N2CC3CCC(O)C3C2)cc1. The summed E-state index contributed by atoms with van der Waals surface area (Å²) in [5.74, 6) is 0.922. The molecule has 3 rings (SSSR count). The van der Waals surface area contributed by atoms with Crippen molar-refractivity contribution in [2.24, 2.45) is 11.8 Å². The summed E-state index contributed by atoms with van der Waals surface area (Å²) in [5, 5.41) is 9.87. The van der Waals surface area contributed by atoms with Crippen LogP contribution in [0.5, 0.6) is 0 Å². The second-order valence-corrected chi connectivity index (χ2v) is 5.64. The highest BCUT2D eigenvalue weighted by Gasteiger charge is 2.43. The molecule has 0 aromatic heterocycles. The minimum atomic E-state index is -0.203. The first-order valence-electron chi connectivity index (χ1n) is 6.69. The molecule has 0 radical (unpaired) electrons. The number of rotatable bonds is 1. The van der Waals surface area contributed by atoms with Gasteiger partial charge in [0.2, 0.25) is 0 Å². The highest BCUT2D eigenvalue weighted by Crippen LogP contribution is 2.38. The lowest BCUT2D eigenvalue weighted by molar-refractivity contribution is 0.0752. The lowest BCUT2D eigenvalue weighted by Gasteiger charge is -2.18. The molecule has 3 heteroatoms. The number of benzene rings is 1.